The Morgan fingerprint density at radius 3 is 2.68 bits per heavy atom. The normalized spacial score (nSPS) is 16.6. The number of nitrogens with zero attached hydrogens (tertiary/aromatic N) is 2. The molecule has 2 aromatic rings. The van der Waals surface area contributed by atoms with Crippen molar-refractivity contribution in [2.45, 2.75) is 25.7 Å². The van der Waals surface area contributed by atoms with E-state index in [1.54, 1.807) is 6.07 Å². The number of likely N-dealkylation sites (tertiary alicyclic amines) is 1. The van der Waals surface area contributed by atoms with Crippen molar-refractivity contribution in [1.82, 2.24) is 9.88 Å². The molecule has 1 aliphatic heterocycles. The van der Waals surface area contributed by atoms with E-state index in [1.807, 2.05) is 4.90 Å². The highest BCUT2D eigenvalue weighted by Crippen LogP contribution is 2.24. The van der Waals surface area contributed by atoms with Crippen molar-refractivity contribution in [3.05, 3.63) is 29.0 Å². The van der Waals surface area contributed by atoms with Crippen molar-refractivity contribution in [1.29, 1.82) is 0 Å². The van der Waals surface area contributed by atoms with Gasteiger partial charge in [-0.25, -0.2) is 9.37 Å². The predicted octanol–water partition coefficient (Wildman–Crippen LogP) is 3.45. The number of amides is 1. The maximum atomic E-state index is 13.1. The van der Waals surface area contributed by atoms with E-state index >= 15 is 0 Å². The van der Waals surface area contributed by atoms with Crippen LogP contribution in [0, 0.1) is 5.82 Å². The SMILES string of the molecule is O=C(c1nc2ccc(F)cc2s1)N1CCCCCC1. The van der Waals surface area contributed by atoms with Crippen molar-refractivity contribution in [2.24, 2.45) is 0 Å². The lowest BCUT2D eigenvalue weighted by Crippen LogP contribution is -2.31. The highest BCUT2D eigenvalue weighted by molar-refractivity contribution is 7.20. The van der Waals surface area contributed by atoms with Crippen molar-refractivity contribution >= 4 is 27.5 Å². The first kappa shape index (κ1) is 12.5. The molecule has 1 aliphatic rings. The second kappa shape index (κ2) is 5.25. The van der Waals surface area contributed by atoms with E-state index in [2.05, 4.69) is 4.98 Å². The molecule has 5 heteroatoms. The van der Waals surface area contributed by atoms with Crippen LogP contribution in [-0.4, -0.2) is 28.9 Å². The molecule has 1 aromatic carbocycles. The number of carbonyl (C=O) groups is 1. The number of benzene rings is 1. The fourth-order valence-corrected chi connectivity index (χ4v) is 3.36. The van der Waals surface area contributed by atoms with Crippen LogP contribution in [0.3, 0.4) is 0 Å². The Morgan fingerprint density at radius 2 is 1.95 bits per heavy atom. The number of fused-ring (bicyclic) bond motifs is 1. The van der Waals surface area contributed by atoms with Crippen LogP contribution in [0.15, 0.2) is 18.2 Å². The molecule has 100 valence electrons. The molecule has 0 atom stereocenters. The van der Waals surface area contributed by atoms with Gasteiger partial charge in [0.05, 0.1) is 10.2 Å². The largest absolute Gasteiger partial charge is 0.337 e. The Hall–Kier alpha value is -1.49. The number of hydrogen-bond donors (Lipinski definition) is 0. The first-order chi connectivity index (χ1) is 9.24. The summed E-state index contributed by atoms with van der Waals surface area (Å²) in [6.45, 7) is 1.62. The molecule has 0 radical (unpaired) electrons. The number of halogens is 1. The molecule has 2 heterocycles. The standard InChI is InChI=1S/C14H15FN2OS/c15-10-5-6-11-12(9-10)19-13(16-11)14(18)17-7-3-1-2-4-8-17/h5-6,9H,1-4,7-8H2. The third-order valence-corrected chi connectivity index (χ3v) is 4.43. The van der Waals surface area contributed by atoms with E-state index in [9.17, 15) is 9.18 Å². The number of hydrogen-bond acceptors (Lipinski definition) is 3. The molecule has 0 aliphatic carbocycles. The van der Waals surface area contributed by atoms with Gasteiger partial charge in [-0.1, -0.05) is 12.8 Å². The van der Waals surface area contributed by atoms with Gasteiger partial charge in [0.1, 0.15) is 5.82 Å². The monoisotopic (exact) mass is 278 g/mol. The minimum atomic E-state index is -0.287. The molecule has 1 aromatic heterocycles. The van der Waals surface area contributed by atoms with Gasteiger partial charge in [0.15, 0.2) is 5.01 Å². The van der Waals surface area contributed by atoms with Gasteiger partial charge < -0.3 is 4.90 Å². The van der Waals surface area contributed by atoms with Gasteiger partial charge in [0.2, 0.25) is 0 Å². The summed E-state index contributed by atoms with van der Waals surface area (Å²) in [6, 6.07) is 4.44. The van der Waals surface area contributed by atoms with Crippen LogP contribution < -0.4 is 0 Å². The molecule has 0 unspecified atom stereocenters. The molecule has 3 nitrogen and oxygen atoms in total. The Labute approximate surface area is 115 Å². The van der Waals surface area contributed by atoms with Gasteiger partial charge in [0.25, 0.3) is 5.91 Å². The fraction of sp³-hybridized carbons (Fsp3) is 0.429. The predicted molar refractivity (Wildman–Crippen MR) is 73.9 cm³/mol. The van der Waals surface area contributed by atoms with Crippen LogP contribution in [0.1, 0.15) is 35.5 Å². The number of thiazole rings is 1. The highest BCUT2D eigenvalue weighted by atomic mass is 32.1. The molecular weight excluding hydrogens is 263 g/mol. The lowest BCUT2D eigenvalue weighted by atomic mass is 10.2. The summed E-state index contributed by atoms with van der Waals surface area (Å²) < 4.78 is 13.9. The molecule has 1 fully saturated rings. The van der Waals surface area contributed by atoms with E-state index in [0.717, 1.165) is 30.6 Å². The lowest BCUT2D eigenvalue weighted by molar-refractivity contribution is 0.0761. The summed E-state index contributed by atoms with van der Waals surface area (Å²) in [5.74, 6) is -0.298. The van der Waals surface area contributed by atoms with Crippen molar-refractivity contribution in [3.8, 4) is 0 Å². The van der Waals surface area contributed by atoms with Gasteiger partial charge in [-0.2, -0.15) is 0 Å². The van der Waals surface area contributed by atoms with Crippen LogP contribution in [0.5, 0.6) is 0 Å². The van der Waals surface area contributed by atoms with Crippen molar-refractivity contribution in [3.63, 3.8) is 0 Å². The third kappa shape index (κ3) is 2.61. The maximum absolute atomic E-state index is 13.1. The Kier molecular flexibility index (Phi) is 3.46. The molecule has 1 amide bonds. The van der Waals surface area contributed by atoms with Gasteiger partial charge >= 0.3 is 0 Å². The highest BCUT2D eigenvalue weighted by Gasteiger charge is 2.20. The molecule has 0 N–H and O–H groups in total. The smallest absolute Gasteiger partial charge is 0.282 e. The van der Waals surface area contributed by atoms with Crippen LogP contribution in [0.2, 0.25) is 0 Å². The summed E-state index contributed by atoms with van der Waals surface area (Å²) in [5, 5.41) is 0.475. The van der Waals surface area contributed by atoms with Gasteiger partial charge in [-0.05, 0) is 31.0 Å². The second-order valence-corrected chi connectivity index (χ2v) is 5.87. The van der Waals surface area contributed by atoms with E-state index in [4.69, 9.17) is 0 Å². The summed E-state index contributed by atoms with van der Waals surface area (Å²) in [7, 11) is 0. The average molecular weight is 278 g/mol. The minimum absolute atomic E-state index is 0.0106. The van der Waals surface area contributed by atoms with Crippen LogP contribution >= 0.6 is 11.3 Å². The Bertz CT molecular complexity index is 603. The number of carbonyl (C=O) groups excluding carboxylic acids is 1. The van der Waals surface area contributed by atoms with Crippen LogP contribution in [0.25, 0.3) is 10.2 Å². The van der Waals surface area contributed by atoms with E-state index in [1.165, 1.54) is 36.3 Å². The summed E-state index contributed by atoms with van der Waals surface area (Å²) in [6.07, 6.45) is 4.50. The number of aromatic nitrogens is 1. The first-order valence-electron chi connectivity index (χ1n) is 6.59. The minimum Gasteiger partial charge on any atom is -0.337 e. The van der Waals surface area contributed by atoms with Crippen molar-refractivity contribution in [2.75, 3.05) is 13.1 Å². The quantitative estimate of drug-likeness (QED) is 0.800. The van der Waals surface area contributed by atoms with E-state index in [-0.39, 0.29) is 11.7 Å². The fourth-order valence-electron chi connectivity index (χ4n) is 2.40. The molecule has 3 rings (SSSR count). The summed E-state index contributed by atoms with van der Waals surface area (Å²) in [5.41, 5.74) is 0.699. The second-order valence-electron chi connectivity index (χ2n) is 4.84. The van der Waals surface area contributed by atoms with E-state index in [0.29, 0.717) is 10.5 Å². The first-order valence-corrected chi connectivity index (χ1v) is 7.41. The zero-order chi connectivity index (χ0) is 13.2. The van der Waals surface area contributed by atoms with E-state index < -0.39 is 0 Å². The molecule has 0 spiro atoms. The third-order valence-electron chi connectivity index (χ3n) is 3.43. The molecule has 0 saturated carbocycles. The molecule has 1 saturated heterocycles. The Morgan fingerprint density at radius 1 is 1.21 bits per heavy atom. The van der Waals surface area contributed by atoms with Gasteiger partial charge in [-0.15, -0.1) is 11.3 Å². The lowest BCUT2D eigenvalue weighted by Gasteiger charge is -2.18. The topological polar surface area (TPSA) is 33.2 Å². The number of rotatable bonds is 1. The summed E-state index contributed by atoms with van der Waals surface area (Å²) >= 11 is 1.28. The van der Waals surface area contributed by atoms with Crippen LogP contribution in [0.4, 0.5) is 4.39 Å². The van der Waals surface area contributed by atoms with Crippen molar-refractivity contribution < 1.29 is 9.18 Å². The Balaban J connectivity index is 1.88. The van der Waals surface area contributed by atoms with Gasteiger partial charge in [-0.3, -0.25) is 4.79 Å². The zero-order valence-corrected chi connectivity index (χ0v) is 11.4. The molecule has 0 bridgehead atoms. The summed E-state index contributed by atoms with van der Waals surface area (Å²) in [4.78, 5) is 18.6. The van der Waals surface area contributed by atoms with Crippen LogP contribution in [-0.2, 0) is 0 Å². The maximum Gasteiger partial charge on any atom is 0.282 e. The average Bonchev–Trinajstić information content (AvgIpc) is 2.64. The molecule has 19 heavy (non-hydrogen) atoms. The zero-order valence-electron chi connectivity index (χ0n) is 10.6. The molecular formula is C14H15FN2OS. The van der Waals surface area contributed by atoms with Gasteiger partial charge in [0, 0.05) is 13.1 Å².